The lowest BCUT2D eigenvalue weighted by Crippen LogP contribution is -2.44. The molecule has 5 heteroatoms. The highest BCUT2D eigenvalue weighted by molar-refractivity contribution is 6.07. The van der Waals surface area contributed by atoms with E-state index < -0.39 is 5.41 Å². The van der Waals surface area contributed by atoms with Gasteiger partial charge in [0.1, 0.15) is 18.2 Å². The molecule has 3 aromatic rings. The van der Waals surface area contributed by atoms with Crippen LogP contribution >= 0.6 is 0 Å². The van der Waals surface area contributed by atoms with Crippen LogP contribution in [-0.2, 0) is 16.8 Å². The number of hydrogen-bond acceptors (Lipinski definition) is 3. The molecule has 3 aromatic carbocycles. The summed E-state index contributed by atoms with van der Waals surface area (Å²) in [6.07, 6.45) is 3.73. The fourth-order valence-electron chi connectivity index (χ4n) is 5.26. The Kier molecular flexibility index (Phi) is 4.40. The second-order valence-corrected chi connectivity index (χ2v) is 8.74. The number of fused-ring (bicyclic) bond motifs is 4. The highest BCUT2D eigenvalue weighted by Crippen LogP contribution is 2.45. The van der Waals surface area contributed by atoms with Crippen molar-refractivity contribution in [3.05, 3.63) is 94.3 Å². The third-order valence-electron chi connectivity index (χ3n) is 6.93. The van der Waals surface area contributed by atoms with Gasteiger partial charge in [-0.05, 0) is 78.0 Å². The van der Waals surface area contributed by atoms with Gasteiger partial charge in [0.25, 0.3) is 0 Å². The van der Waals surface area contributed by atoms with Gasteiger partial charge in [0.2, 0.25) is 5.91 Å². The number of nitrogens with one attached hydrogen (secondary N) is 2. The molecule has 2 N–H and O–H groups in total. The number of carbonyl (C=O) groups excluding carboxylic acids is 1. The molecule has 0 atom stereocenters. The first-order valence-electron chi connectivity index (χ1n) is 11.0. The summed E-state index contributed by atoms with van der Waals surface area (Å²) in [5.74, 6) is 0.324. The van der Waals surface area contributed by atoms with Gasteiger partial charge in [-0.2, -0.15) is 0 Å². The van der Waals surface area contributed by atoms with E-state index in [0.29, 0.717) is 12.4 Å². The summed E-state index contributed by atoms with van der Waals surface area (Å²) >= 11 is 0. The van der Waals surface area contributed by atoms with Crippen LogP contribution in [0.2, 0.25) is 0 Å². The maximum absolute atomic E-state index is 13.9. The average molecular weight is 426 g/mol. The van der Waals surface area contributed by atoms with E-state index in [1.54, 1.807) is 6.07 Å². The van der Waals surface area contributed by atoms with E-state index in [2.05, 4.69) is 41.0 Å². The van der Waals surface area contributed by atoms with Gasteiger partial charge >= 0.3 is 0 Å². The molecule has 3 aliphatic heterocycles. The van der Waals surface area contributed by atoms with Crippen molar-refractivity contribution in [2.45, 2.75) is 24.9 Å². The molecular formula is C27H23FN2O2. The first-order valence-corrected chi connectivity index (χ1v) is 11.0. The standard InChI is InChI=1S/C27H23FN2O2/c28-19-6-7-21-22(20-4-2-1-3-18(20)16-32-25(21)15-19)13-17-5-8-23-24(14-17)30-26(31)27(23)9-11-29-12-10-27/h1-8,13-15,29H,9-12,16H2,(H,30,31)/b22-13+. The molecule has 32 heavy (non-hydrogen) atoms. The monoisotopic (exact) mass is 426 g/mol. The van der Waals surface area contributed by atoms with E-state index in [1.807, 2.05) is 18.2 Å². The summed E-state index contributed by atoms with van der Waals surface area (Å²) in [4.78, 5) is 12.9. The van der Waals surface area contributed by atoms with E-state index in [0.717, 1.165) is 65.0 Å². The molecule has 0 aliphatic carbocycles. The maximum Gasteiger partial charge on any atom is 0.235 e. The van der Waals surface area contributed by atoms with Crippen LogP contribution in [0.25, 0.3) is 11.6 Å². The Morgan fingerprint density at radius 1 is 0.969 bits per heavy atom. The molecule has 0 unspecified atom stereocenters. The molecule has 1 amide bonds. The molecule has 0 bridgehead atoms. The van der Waals surface area contributed by atoms with Crippen molar-refractivity contribution in [1.82, 2.24) is 5.32 Å². The lowest BCUT2D eigenvalue weighted by Gasteiger charge is -2.32. The number of hydrogen-bond donors (Lipinski definition) is 2. The minimum absolute atomic E-state index is 0.104. The second kappa shape index (κ2) is 7.31. The number of amides is 1. The number of halogens is 1. The van der Waals surface area contributed by atoms with Crippen LogP contribution < -0.4 is 15.4 Å². The zero-order chi connectivity index (χ0) is 21.7. The van der Waals surface area contributed by atoms with Crippen molar-refractivity contribution in [1.29, 1.82) is 0 Å². The fraction of sp³-hybridized carbons (Fsp3) is 0.222. The molecule has 6 rings (SSSR count). The normalized spacial score (nSPS) is 19.5. The minimum Gasteiger partial charge on any atom is -0.488 e. The number of piperidine rings is 1. The molecule has 0 aromatic heterocycles. The Morgan fingerprint density at radius 3 is 2.69 bits per heavy atom. The summed E-state index contributed by atoms with van der Waals surface area (Å²) in [5, 5.41) is 6.48. The molecule has 1 spiro atoms. The van der Waals surface area contributed by atoms with Crippen LogP contribution in [0.1, 0.15) is 40.7 Å². The average Bonchev–Trinajstić information content (AvgIpc) is 2.97. The SMILES string of the molecule is O=C1Nc2cc(/C=C3\c4ccccc4COc4cc(F)ccc43)ccc2C12CCNCC2. The second-order valence-electron chi connectivity index (χ2n) is 8.74. The summed E-state index contributed by atoms with van der Waals surface area (Å²) in [5.41, 5.74) is 6.51. The van der Waals surface area contributed by atoms with Crippen LogP contribution in [0.3, 0.4) is 0 Å². The lowest BCUT2D eigenvalue weighted by molar-refractivity contribution is -0.121. The smallest absolute Gasteiger partial charge is 0.235 e. The van der Waals surface area contributed by atoms with Crippen molar-refractivity contribution < 1.29 is 13.9 Å². The number of anilines is 1. The quantitative estimate of drug-likeness (QED) is 0.583. The molecule has 3 aliphatic rings. The molecule has 3 heterocycles. The highest BCUT2D eigenvalue weighted by atomic mass is 19.1. The van der Waals surface area contributed by atoms with Gasteiger partial charge in [0.05, 0.1) is 5.41 Å². The summed E-state index contributed by atoms with van der Waals surface area (Å²) in [6, 6.07) is 19.0. The Labute approximate surface area is 186 Å². The van der Waals surface area contributed by atoms with Crippen LogP contribution in [0.15, 0.2) is 60.7 Å². The largest absolute Gasteiger partial charge is 0.488 e. The molecular weight excluding hydrogens is 403 g/mol. The third kappa shape index (κ3) is 2.96. The van der Waals surface area contributed by atoms with Crippen LogP contribution in [0, 0.1) is 5.82 Å². The summed E-state index contributed by atoms with van der Waals surface area (Å²) in [7, 11) is 0. The van der Waals surface area contributed by atoms with E-state index in [9.17, 15) is 9.18 Å². The van der Waals surface area contributed by atoms with Gasteiger partial charge in [0.15, 0.2) is 0 Å². The first-order chi connectivity index (χ1) is 15.6. The summed E-state index contributed by atoms with van der Waals surface area (Å²) < 4.78 is 19.9. The fourth-order valence-corrected chi connectivity index (χ4v) is 5.26. The van der Waals surface area contributed by atoms with Gasteiger partial charge in [-0.1, -0.05) is 36.4 Å². The number of ether oxygens (including phenoxy) is 1. The Morgan fingerprint density at radius 2 is 1.81 bits per heavy atom. The predicted octanol–water partition coefficient (Wildman–Crippen LogP) is 4.88. The highest BCUT2D eigenvalue weighted by Gasteiger charge is 2.47. The molecule has 1 saturated heterocycles. The number of carbonyl (C=O) groups is 1. The molecule has 0 radical (unpaired) electrons. The predicted molar refractivity (Wildman–Crippen MR) is 123 cm³/mol. The molecule has 160 valence electrons. The van der Waals surface area contributed by atoms with E-state index in [1.165, 1.54) is 12.1 Å². The van der Waals surface area contributed by atoms with Crippen molar-refractivity contribution in [2.75, 3.05) is 18.4 Å². The topological polar surface area (TPSA) is 50.4 Å². The zero-order valence-electron chi connectivity index (χ0n) is 17.6. The third-order valence-corrected chi connectivity index (χ3v) is 6.93. The Hall–Kier alpha value is -3.44. The van der Waals surface area contributed by atoms with Crippen LogP contribution in [0.4, 0.5) is 10.1 Å². The van der Waals surface area contributed by atoms with Gasteiger partial charge in [-0.15, -0.1) is 0 Å². The van der Waals surface area contributed by atoms with E-state index in [-0.39, 0.29) is 11.7 Å². The van der Waals surface area contributed by atoms with E-state index in [4.69, 9.17) is 4.74 Å². The van der Waals surface area contributed by atoms with E-state index >= 15 is 0 Å². The van der Waals surface area contributed by atoms with Gasteiger partial charge < -0.3 is 15.4 Å². The molecule has 4 nitrogen and oxygen atoms in total. The number of benzene rings is 3. The Bertz CT molecular complexity index is 1270. The van der Waals surface area contributed by atoms with Crippen LogP contribution in [-0.4, -0.2) is 19.0 Å². The zero-order valence-corrected chi connectivity index (χ0v) is 17.6. The molecule has 0 saturated carbocycles. The van der Waals surface area contributed by atoms with Crippen molar-refractivity contribution >= 4 is 23.2 Å². The summed E-state index contributed by atoms with van der Waals surface area (Å²) in [6.45, 7) is 2.09. The van der Waals surface area contributed by atoms with Crippen molar-refractivity contribution in [3.63, 3.8) is 0 Å². The Balaban J connectivity index is 1.48. The lowest BCUT2D eigenvalue weighted by atomic mass is 9.74. The maximum atomic E-state index is 13.9. The number of rotatable bonds is 1. The molecule has 1 fully saturated rings. The van der Waals surface area contributed by atoms with Crippen molar-refractivity contribution in [2.24, 2.45) is 0 Å². The van der Waals surface area contributed by atoms with Gasteiger partial charge in [-0.3, -0.25) is 4.79 Å². The first kappa shape index (κ1) is 19.3. The van der Waals surface area contributed by atoms with Gasteiger partial charge in [0, 0.05) is 17.3 Å². The van der Waals surface area contributed by atoms with Gasteiger partial charge in [-0.25, -0.2) is 4.39 Å². The minimum atomic E-state index is -0.418. The van der Waals surface area contributed by atoms with Crippen LogP contribution in [0.5, 0.6) is 5.75 Å². The van der Waals surface area contributed by atoms with Crippen molar-refractivity contribution in [3.8, 4) is 5.75 Å².